The summed E-state index contributed by atoms with van der Waals surface area (Å²) in [5.74, 6) is -0.282. The predicted molar refractivity (Wildman–Crippen MR) is 98.2 cm³/mol. The van der Waals surface area contributed by atoms with Crippen molar-refractivity contribution in [3.05, 3.63) is 56.9 Å². The molecule has 1 aromatic heterocycles. The number of benzene rings is 1. The first-order valence-corrected chi connectivity index (χ1v) is 10.3. The lowest BCUT2D eigenvalue weighted by Gasteiger charge is -2.32. The first-order valence-electron chi connectivity index (χ1n) is 7.98. The van der Waals surface area contributed by atoms with Crippen molar-refractivity contribution in [2.24, 2.45) is 0 Å². The summed E-state index contributed by atoms with van der Waals surface area (Å²) in [6, 6.07) is 8.80. The number of carbonyl (C=O) groups is 1. The molecule has 138 valence electrons. The maximum Gasteiger partial charge on any atom is 0.274 e. The summed E-state index contributed by atoms with van der Waals surface area (Å²) in [5, 5.41) is 5.97. The van der Waals surface area contributed by atoms with E-state index in [-0.39, 0.29) is 28.1 Å². The van der Waals surface area contributed by atoms with Gasteiger partial charge in [-0.15, -0.1) is 0 Å². The average molecular weight is 441 g/mol. The summed E-state index contributed by atoms with van der Waals surface area (Å²) >= 11 is 3.28. The molecule has 0 unspecified atom stereocenters. The number of aromatic nitrogens is 2. The van der Waals surface area contributed by atoms with Gasteiger partial charge in [0.15, 0.2) is 0 Å². The van der Waals surface area contributed by atoms with Crippen LogP contribution in [0.1, 0.15) is 23.3 Å². The van der Waals surface area contributed by atoms with Gasteiger partial charge in [-0.25, -0.2) is 18.2 Å². The van der Waals surface area contributed by atoms with E-state index in [0.717, 1.165) is 4.47 Å². The van der Waals surface area contributed by atoms with Gasteiger partial charge in [0.25, 0.3) is 11.5 Å². The number of nitrogens with one attached hydrogen (secondary N) is 2. The summed E-state index contributed by atoms with van der Waals surface area (Å²) in [6.07, 6.45) is 1.01. The van der Waals surface area contributed by atoms with E-state index in [4.69, 9.17) is 0 Å². The molecule has 0 bridgehead atoms. The van der Waals surface area contributed by atoms with Gasteiger partial charge in [0.2, 0.25) is 10.0 Å². The number of rotatable bonds is 4. The Balaban J connectivity index is 1.59. The lowest BCUT2D eigenvalue weighted by atomic mass is 10.1. The second-order valence-corrected chi connectivity index (χ2v) is 8.58. The zero-order valence-corrected chi connectivity index (χ0v) is 16.1. The van der Waals surface area contributed by atoms with Gasteiger partial charge < -0.3 is 4.90 Å². The van der Waals surface area contributed by atoms with Crippen LogP contribution in [0.5, 0.6) is 0 Å². The van der Waals surface area contributed by atoms with E-state index in [1.165, 1.54) is 24.3 Å². The molecule has 2 N–H and O–H groups in total. The van der Waals surface area contributed by atoms with E-state index in [0.29, 0.717) is 25.9 Å². The van der Waals surface area contributed by atoms with Crippen LogP contribution in [-0.4, -0.2) is 48.6 Å². The fourth-order valence-corrected chi connectivity index (χ4v) is 4.30. The van der Waals surface area contributed by atoms with E-state index in [1.807, 2.05) is 0 Å². The number of likely N-dealkylation sites (tertiary alicyclic amines) is 1. The van der Waals surface area contributed by atoms with E-state index < -0.39 is 10.0 Å². The van der Waals surface area contributed by atoms with Crippen molar-refractivity contribution in [1.82, 2.24) is 19.8 Å². The zero-order valence-electron chi connectivity index (χ0n) is 13.7. The van der Waals surface area contributed by atoms with Crippen LogP contribution in [0, 0.1) is 0 Å². The van der Waals surface area contributed by atoms with Crippen molar-refractivity contribution in [2.45, 2.75) is 23.8 Å². The zero-order chi connectivity index (χ0) is 18.7. The van der Waals surface area contributed by atoms with Gasteiger partial charge in [-0.3, -0.25) is 9.59 Å². The maximum atomic E-state index is 12.4. The van der Waals surface area contributed by atoms with Gasteiger partial charge in [-0.05, 0) is 43.2 Å². The van der Waals surface area contributed by atoms with Crippen LogP contribution in [0.2, 0.25) is 0 Å². The standard InChI is InChI=1S/C16H17BrN4O4S/c17-11-1-3-13(4-2-11)26(24,25)20-12-7-9-21(10-8-12)16(23)14-5-6-15(22)19-18-14/h1-6,12,20H,7-10H2,(H,19,22). The topological polar surface area (TPSA) is 112 Å². The summed E-state index contributed by atoms with van der Waals surface area (Å²) in [4.78, 5) is 25.2. The molecule has 3 rings (SSSR count). The summed E-state index contributed by atoms with van der Waals surface area (Å²) in [6.45, 7) is 0.820. The highest BCUT2D eigenvalue weighted by atomic mass is 79.9. The van der Waals surface area contributed by atoms with Crippen molar-refractivity contribution in [3.8, 4) is 0 Å². The molecule has 2 aromatic rings. The molecule has 8 nitrogen and oxygen atoms in total. The SMILES string of the molecule is O=C(c1ccc(=O)[nH]n1)N1CCC(NS(=O)(=O)c2ccc(Br)cc2)CC1. The monoisotopic (exact) mass is 440 g/mol. The molecule has 10 heteroatoms. The number of hydrogen-bond donors (Lipinski definition) is 2. The molecule has 1 aliphatic heterocycles. The first-order chi connectivity index (χ1) is 12.3. The van der Waals surface area contributed by atoms with E-state index >= 15 is 0 Å². The van der Waals surface area contributed by atoms with Gasteiger partial charge in [0.1, 0.15) is 5.69 Å². The molecule has 1 aliphatic rings. The van der Waals surface area contributed by atoms with Crippen molar-refractivity contribution >= 4 is 31.9 Å². The predicted octanol–water partition coefficient (Wildman–Crippen LogP) is 1.12. The molecule has 1 saturated heterocycles. The Bertz CT molecular complexity index is 930. The summed E-state index contributed by atoms with van der Waals surface area (Å²) in [5.41, 5.74) is -0.207. The first kappa shape index (κ1) is 18.7. The number of halogens is 1. The third-order valence-electron chi connectivity index (χ3n) is 4.13. The number of amides is 1. The average Bonchev–Trinajstić information content (AvgIpc) is 2.62. The number of nitrogens with zero attached hydrogens (tertiary/aromatic N) is 2. The molecular weight excluding hydrogens is 424 g/mol. The van der Waals surface area contributed by atoms with Gasteiger partial charge in [0.05, 0.1) is 4.90 Å². The Labute approximate surface area is 158 Å². The van der Waals surface area contributed by atoms with Crippen molar-refractivity contribution in [2.75, 3.05) is 13.1 Å². The lowest BCUT2D eigenvalue weighted by Crippen LogP contribution is -2.46. The Kier molecular flexibility index (Phi) is 5.54. The van der Waals surface area contributed by atoms with Gasteiger partial charge in [0, 0.05) is 29.7 Å². The molecule has 1 fully saturated rings. The van der Waals surface area contributed by atoms with Crippen LogP contribution in [0.15, 0.2) is 50.6 Å². The molecule has 0 spiro atoms. The summed E-state index contributed by atoms with van der Waals surface area (Å²) < 4.78 is 28.4. The third-order valence-corrected chi connectivity index (χ3v) is 6.19. The highest BCUT2D eigenvalue weighted by Crippen LogP contribution is 2.18. The minimum atomic E-state index is -3.60. The van der Waals surface area contributed by atoms with Crippen molar-refractivity contribution in [3.63, 3.8) is 0 Å². The Morgan fingerprint density at radius 1 is 1.15 bits per heavy atom. The number of H-pyrrole nitrogens is 1. The van der Waals surface area contributed by atoms with E-state index in [1.54, 1.807) is 17.0 Å². The highest BCUT2D eigenvalue weighted by molar-refractivity contribution is 9.10. The maximum absolute atomic E-state index is 12.4. The van der Waals surface area contributed by atoms with Crippen molar-refractivity contribution < 1.29 is 13.2 Å². The van der Waals surface area contributed by atoms with Crippen LogP contribution in [-0.2, 0) is 10.0 Å². The number of piperidine rings is 1. The largest absolute Gasteiger partial charge is 0.337 e. The minimum Gasteiger partial charge on any atom is -0.337 e. The van der Waals surface area contributed by atoms with Crippen LogP contribution in [0.4, 0.5) is 0 Å². The quantitative estimate of drug-likeness (QED) is 0.739. The molecule has 1 aromatic carbocycles. The molecule has 1 amide bonds. The molecule has 0 radical (unpaired) electrons. The van der Waals surface area contributed by atoms with Gasteiger partial charge in [-0.2, -0.15) is 5.10 Å². The fourth-order valence-electron chi connectivity index (χ4n) is 2.73. The van der Waals surface area contributed by atoms with Crippen LogP contribution in [0.3, 0.4) is 0 Å². The fraction of sp³-hybridized carbons (Fsp3) is 0.312. The number of aromatic amines is 1. The summed E-state index contributed by atoms with van der Waals surface area (Å²) in [7, 11) is -3.60. The third kappa shape index (κ3) is 4.37. The number of hydrogen-bond acceptors (Lipinski definition) is 5. The number of sulfonamides is 1. The molecule has 26 heavy (non-hydrogen) atoms. The van der Waals surface area contributed by atoms with E-state index in [9.17, 15) is 18.0 Å². The van der Waals surface area contributed by atoms with Crippen LogP contribution < -0.4 is 10.3 Å². The Morgan fingerprint density at radius 2 is 1.81 bits per heavy atom. The Hall–Kier alpha value is -2.04. The highest BCUT2D eigenvalue weighted by Gasteiger charge is 2.27. The lowest BCUT2D eigenvalue weighted by molar-refractivity contribution is 0.0704. The number of carbonyl (C=O) groups excluding carboxylic acids is 1. The Morgan fingerprint density at radius 3 is 2.38 bits per heavy atom. The van der Waals surface area contributed by atoms with Crippen LogP contribution >= 0.6 is 15.9 Å². The molecule has 0 atom stereocenters. The normalized spacial score (nSPS) is 15.8. The second-order valence-electron chi connectivity index (χ2n) is 5.95. The second kappa shape index (κ2) is 7.68. The molecule has 0 aliphatic carbocycles. The minimum absolute atomic E-state index is 0.165. The molecule has 0 saturated carbocycles. The van der Waals surface area contributed by atoms with Crippen molar-refractivity contribution in [1.29, 1.82) is 0 Å². The van der Waals surface area contributed by atoms with Gasteiger partial charge >= 0.3 is 0 Å². The smallest absolute Gasteiger partial charge is 0.274 e. The van der Waals surface area contributed by atoms with Crippen LogP contribution in [0.25, 0.3) is 0 Å². The molecule has 2 heterocycles. The van der Waals surface area contributed by atoms with Gasteiger partial charge in [-0.1, -0.05) is 15.9 Å². The molecular formula is C16H17BrN4O4S. The van der Waals surface area contributed by atoms with E-state index in [2.05, 4.69) is 30.8 Å².